The Kier molecular flexibility index (Phi) is 5.11. The maximum absolute atomic E-state index is 5.12. The molecule has 2 aromatic rings. The largest absolute Gasteiger partial charge is 0.497 e. The number of aromatic nitrogens is 2. The van der Waals surface area contributed by atoms with Gasteiger partial charge in [0.2, 0.25) is 5.13 Å². The summed E-state index contributed by atoms with van der Waals surface area (Å²) < 4.78 is 14.4. The van der Waals surface area contributed by atoms with Gasteiger partial charge in [-0.1, -0.05) is 12.1 Å². The summed E-state index contributed by atoms with van der Waals surface area (Å²) >= 11 is 1.37. The van der Waals surface area contributed by atoms with Gasteiger partial charge < -0.3 is 14.8 Å². The molecule has 1 N–H and O–H groups in total. The predicted molar refractivity (Wildman–Crippen MR) is 75.8 cm³/mol. The van der Waals surface area contributed by atoms with Gasteiger partial charge in [0, 0.05) is 31.6 Å². The minimum atomic E-state index is 0.647. The first-order valence-electron chi connectivity index (χ1n) is 6.00. The Morgan fingerprint density at radius 1 is 1.21 bits per heavy atom. The Labute approximate surface area is 116 Å². The fourth-order valence-corrected chi connectivity index (χ4v) is 2.15. The number of rotatable bonds is 7. The molecule has 102 valence electrons. The van der Waals surface area contributed by atoms with Crippen LogP contribution in [0.5, 0.6) is 5.75 Å². The van der Waals surface area contributed by atoms with Crippen molar-refractivity contribution in [1.29, 1.82) is 0 Å². The molecule has 0 spiro atoms. The Hall–Kier alpha value is -1.66. The summed E-state index contributed by atoms with van der Waals surface area (Å²) in [4.78, 5) is 4.39. The summed E-state index contributed by atoms with van der Waals surface area (Å²) in [6.45, 7) is 1.37. The summed E-state index contributed by atoms with van der Waals surface area (Å²) in [6.07, 6.45) is 0.747. The van der Waals surface area contributed by atoms with Crippen molar-refractivity contribution in [2.75, 3.05) is 26.1 Å². The van der Waals surface area contributed by atoms with Crippen LogP contribution in [0.25, 0.3) is 0 Å². The minimum Gasteiger partial charge on any atom is -0.497 e. The van der Waals surface area contributed by atoms with Crippen LogP contribution in [0.1, 0.15) is 11.4 Å². The van der Waals surface area contributed by atoms with Crippen molar-refractivity contribution in [3.05, 3.63) is 35.7 Å². The highest BCUT2D eigenvalue weighted by Gasteiger charge is 2.03. The molecule has 0 bridgehead atoms. The maximum atomic E-state index is 5.12. The summed E-state index contributed by atoms with van der Waals surface area (Å²) in [5, 5.41) is 4.09. The van der Waals surface area contributed by atoms with E-state index in [1.54, 1.807) is 14.2 Å². The van der Waals surface area contributed by atoms with Crippen LogP contribution in [0.3, 0.4) is 0 Å². The van der Waals surface area contributed by atoms with E-state index in [0.29, 0.717) is 6.61 Å². The molecule has 0 radical (unpaired) electrons. The molecule has 0 fully saturated rings. The van der Waals surface area contributed by atoms with Crippen LogP contribution in [-0.2, 0) is 17.7 Å². The van der Waals surface area contributed by atoms with E-state index in [4.69, 9.17) is 9.47 Å². The summed E-state index contributed by atoms with van der Waals surface area (Å²) in [6, 6.07) is 7.94. The van der Waals surface area contributed by atoms with Gasteiger partial charge >= 0.3 is 0 Å². The van der Waals surface area contributed by atoms with Gasteiger partial charge in [0.15, 0.2) is 0 Å². The van der Waals surface area contributed by atoms with E-state index in [0.717, 1.165) is 29.7 Å². The molecule has 0 amide bonds. The van der Waals surface area contributed by atoms with E-state index in [2.05, 4.69) is 14.7 Å². The molecule has 0 atom stereocenters. The molecular weight excluding hydrogens is 262 g/mol. The summed E-state index contributed by atoms with van der Waals surface area (Å²) in [7, 11) is 3.34. The van der Waals surface area contributed by atoms with Crippen LogP contribution in [0.15, 0.2) is 24.3 Å². The Morgan fingerprint density at radius 2 is 2.00 bits per heavy atom. The molecule has 1 aromatic carbocycles. The smallest absolute Gasteiger partial charge is 0.202 e. The molecular formula is C13H17N3O2S. The lowest BCUT2D eigenvalue weighted by Crippen LogP contribution is -2.00. The lowest BCUT2D eigenvalue weighted by molar-refractivity contribution is 0.201. The molecule has 19 heavy (non-hydrogen) atoms. The SMILES string of the molecule is COCCc1nsc(NCc2ccc(OC)cc2)n1. The number of methoxy groups -OCH3 is 2. The Balaban J connectivity index is 1.85. The van der Waals surface area contributed by atoms with Crippen molar-refractivity contribution >= 4 is 16.7 Å². The van der Waals surface area contributed by atoms with Crippen molar-refractivity contribution in [3.8, 4) is 5.75 Å². The molecule has 6 heteroatoms. The average Bonchev–Trinajstić information content (AvgIpc) is 2.91. The third-order valence-electron chi connectivity index (χ3n) is 2.60. The van der Waals surface area contributed by atoms with Crippen molar-refractivity contribution in [3.63, 3.8) is 0 Å². The zero-order valence-electron chi connectivity index (χ0n) is 11.0. The van der Waals surface area contributed by atoms with E-state index in [1.807, 2.05) is 24.3 Å². The molecule has 0 aliphatic rings. The molecule has 0 unspecified atom stereocenters. The van der Waals surface area contributed by atoms with Gasteiger partial charge in [-0.2, -0.15) is 4.37 Å². The number of nitrogens with zero attached hydrogens (tertiary/aromatic N) is 2. The third-order valence-corrected chi connectivity index (χ3v) is 3.31. The third kappa shape index (κ3) is 4.18. The molecule has 1 heterocycles. The molecule has 1 aromatic heterocycles. The lowest BCUT2D eigenvalue weighted by atomic mass is 10.2. The summed E-state index contributed by atoms with van der Waals surface area (Å²) in [5.74, 6) is 1.69. The van der Waals surface area contributed by atoms with E-state index in [9.17, 15) is 0 Å². The van der Waals surface area contributed by atoms with Crippen molar-refractivity contribution in [2.24, 2.45) is 0 Å². The van der Waals surface area contributed by atoms with Gasteiger partial charge in [0.05, 0.1) is 13.7 Å². The van der Waals surface area contributed by atoms with Gasteiger partial charge in [-0.15, -0.1) is 0 Å². The van der Waals surface area contributed by atoms with E-state index in [1.165, 1.54) is 17.1 Å². The summed E-state index contributed by atoms with van der Waals surface area (Å²) in [5.41, 5.74) is 1.18. The Morgan fingerprint density at radius 3 is 2.68 bits per heavy atom. The highest BCUT2D eigenvalue weighted by atomic mass is 32.1. The number of anilines is 1. The van der Waals surface area contributed by atoms with Crippen LogP contribution >= 0.6 is 11.5 Å². The number of benzene rings is 1. The van der Waals surface area contributed by atoms with E-state index in [-0.39, 0.29) is 0 Å². The maximum Gasteiger partial charge on any atom is 0.202 e. The second-order valence-corrected chi connectivity index (χ2v) is 4.71. The van der Waals surface area contributed by atoms with Gasteiger partial charge in [-0.3, -0.25) is 0 Å². The van der Waals surface area contributed by atoms with E-state index < -0.39 is 0 Å². The Bertz CT molecular complexity index is 499. The van der Waals surface area contributed by atoms with Crippen molar-refractivity contribution in [2.45, 2.75) is 13.0 Å². The highest BCUT2D eigenvalue weighted by Crippen LogP contribution is 2.15. The normalized spacial score (nSPS) is 10.4. The molecule has 0 aliphatic carbocycles. The monoisotopic (exact) mass is 279 g/mol. The first-order chi connectivity index (χ1) is 9.31. The molecule has 0 saturated heterocycles. The van der Waals surface area contributed by atoms with Crippen LogP contribution in [0, 0.1) is 0 Å². The second-order valence-electron chi connectivity index (χ2n) is 3.96. The number of ether oxygens (including phenoxy) is 2. The van der Waals surface area contributed by atoms with Gasteiger partial charge in [0.1, 0.15) is 11.6 Å². The van der Waals surface area contributed by atoms with E-state index >= 15 is 0 Å². The fourth-order valence-electron chi connectivity index (χ4n) is 1.54. The molecule has 2 rings (SSSR count). The second kappa shape index (κ2) is 7.06. The fraction of sp³-hybridized carbons (Fsp3) is 0.385. The van der Waals surface area contributed by atoms with Crippen molar-refractivity contribution in [1.82, 2.24) is 9.36 Å². The zero-order valence-corrected chi connectivity index (χ0v) is 11.9. The van der Waals surface area contributed by atoms with Crippen LogP contribution in [0.2, 0.25) is 0 Å². The van der Waals surface area contributed by atoms with Gasteiger partial charge in [-0.05, 0) is 17.7 Å². The molecule has 0 aliphatic heterocycles. The van der Waals surface area contributed by atoms with Crippen LogP contribution in [-0.4, -0.2) is 30.2 Å². The van der Waals surface area contributed by atoms with Crippen molar-refractivity contribution < 1.29 is 9.47 Å². The quantitative estimate of drug-likeness (QED) is 0.843. The van der Waals surface area contributed by atoms with Gasteiger partial charge in [-0.25, -0.2) is 4.98 Å². The number of hydrogen-bond donors (Lipinski definition) is 1. The standard InChI is InChI=1S/C13H17N3O2S/c1-17-8-7-12-15-13(19-16-12)14-9-10-3-5-11(18-2)6-4-10/h3-6H,7-9H2,1-2H3,(H,14,15,16). The first-order valence-corrected chi connectivity index (χ1v) is 6.77. The lowest BCUT2D eigenvalue weighted by Gasteiger charge is -2.04. The first kappa shape index (κ1) is 13.8. The molecule has 0 saturated carbocycles. The average molecular weight is 279 g/mol. The topological polar surface area (TPSA) is 56.3 Å². The zero-order chi connectivity index (χ0) is 13.5. The predicted octanol–water partition coefficient (Wildman–Crippen LogP) is 2.35. The van der Waals surface area contributed by atoms with Crippen LogP contribution in [0.4, 0.5) is 5.13 Å². The minimum absolute atomic E-state index is 0.647. The molecule has 5 nitrogen and oxygen atoms in total. The number of nitrogens with one attached hydrogen (secondary N) is 1. The van der Waals surface area contributed by atoms with Crippen LogP contribution < -0.4 is 10.1 Å². The van der Waals surface area contributed by atoms with Gasteiger partial charge in [0.25, 0.3) is 0 Å². The highest BCUT2D eigenvalue weighted by molar-refractivity contribution is 7.09. The number of hydrogen-bond acceptors (Lipinski definition) is 6.